The van der Waals surface area contributed by atoms with E-state index in [1.807, 2.05) is 0 Å². The average molecular weight is 773 g/mol. The van der Waals surface area contributed by atoms with E-state index in [0.29, 0.717) is 0 Å². The number of benzene rings is 7. The van der Waals surface area contributed by atoms with E-state index in [-0.39, 0.29) is 0 Å². The lowest BCUT2D eigenvalue weighted by molar-refractivity contribution is 1.31. The Morgan fingerprint density at radius 3 is 0.850 bits per heavy atom. The second kappa shape index (κ2) is 16.2. The second-order valence-corrected chi connectivity index (χ2v) is 16.3. The fourth-order valence-corrected chi connectivity index (χ4v) is 8.97. The van der Waals surface area contributed by atoms with Gasteiger partial charge in [-0.15, -0.1) is 0 Å². The first-order chi connectivity index (χ1) is 29.2. The molecule has 0 aliphatic heterocycles. The zero-order valence-corrected chi connectivity index (χ0v) is 35.2. The van der Waals surface area contributed by atoms with Crippen LogP contribution >= 0.6 is 0 Å². The van der Waals surface area contributed by atoms with Crippen LogP contribution in [0.2, 0.25) is 0 Å². The Kier molecular flexibility index (Phi) is 10.4. The summed E-state index contributed by atoms with van der Waals surface area (Å²) in [6.45, 7) is 13.1. The Hall–Kier alpha value is -7.16. The number of hydrogen-bond donors (Lipinski definition) is 0. The first kappa shape index (κ1) is 38.4. The molecule has 0 spiro atoms. The van der Waals surface area contributed by atoms with E-state index in [2.05, 4.69) is 224 Å². The van der Waals surface area contributed by atoms with Crippen molar-refractivity contribution in [1.29, 1.82) is 0 Å². The van der Waals surface area contributed by atoms with Crippen LogP contribution in [0.5, 0.6) is 0 Å². The van der Waals surface area contributed by atoms with Crippen LogP contribution in [0.25, 0.3) is 89.5 Å². The normalized spacial score (nSPS) is 11.2. The van der Waals surface area contributed by atoms with Gasteiger partial charge >= 0.3 is 0 Å². The van der Waals surface area contributed by atoms with Crippen molar-refractivity contribution in [2.45, 2.75) is 41.5 Å². The number of pyridine rings is 2. The Morgan fingerprint density at radius 1 is 0.233 bits per heavy atom. The van der Waals surface area contributed by atoms with E-state index in [1.165, 1.54) is 55.6 Å². The van der Waals surface area contributed by atoms with E-state index in [1.54, 1.807) is 0 Å². The molecule has 0 N–H and O–H groups in total. The van der Waals surface area contributed by atoms with Crippen LogP contribution in [0.3, 0.4) is 0 Å². The fourth-order valence-electron chi connectivity index (χ4n) is 8.97. The summed E-state index contributed by atoms with van der Waals surface area (Å²) >= 11 is 0. The van der Waals surface area contributed by atoms with E-state index in [4.69, 9.17) is 9.97 Å². The van der Waals surface area contributed by atoms with Crippen molar-refractivity contribution in [3.63, 3.8) is 0 Å². The van der Waals surface area contributed by atoms with Crippen molar-refractivity contribution >= 4 is 0 Å². The molecule has 7 aromatic carbocycles. The summed E-state index contributed by atoms with van der Waals surface area (Å²) in [6, 6.07) is 65.6. The average Bonchev–Trinajstić information content (AvgIpc) is 3.26. The highest BCUT2D eigenvalue weighted by Crippen LogP contribution is 2.37. The van der Waals surface area contributed by atoms with Gasteiger partial charge in [-0.2, -0.15) is 0 Å². The van der Waals surface area contributed by atoms with Crippen molar-refractivity contribution in [2.75, 3.05) is 0 Å². The standard InChI is InChI=1S/C58H48N2/c1-37-28-39(3)57(40(4)29-37)47-24-20-45(21-25-47)55-35-51(33-53(59-55)43-14-9-7-10-15-43)49-18-13-19-50(32-49)52-34-54(44-16-11-8-12-17-44)60-56(36-52)46-22-26-48(27-23-46)58-41(5)30-38(2)31-42(58)6/h7-36H,1-6H3. The minimum absolute atomic E-state index is 0.942. The lowest BCUT2D eigenvalue weighted by Gasteiger charge is -2.15. The van der Waals surface area contributed by atoms with Gasteiger partial charge in [-0.25, -0.2) is 9.97 Å². The number of aromatic nitrogens is 2. The van der Waals surface area contributed by atoms with Gasteiger partial charge in [0.2, 0.25) is 0 Å². The predicted octanol–water partition coefficient (Wildman–Crippen LogP) is 15.7. The Bertz CT molecular complexity index is 2750. The molecule has 0 atom stereocenters. The highest BCUT2D eigenvalue weighted by Gasteiger charge is 2.15. The van der Waals surface area contributed by atoms with Crippen molar-refractivity contribution < 1.29 is 0 Å². The lowest BCUT2D eigenvalue weighted by Crippen LogP contribution is -1.94. The van der Waals surface area contributed by atoms with Gasteiger partial charge in [0.25, 0.3) is 0 Å². The first-order valence-corrected chi connectivity index (χ1v) is 20.8. The topological polar surface area (TPSA) is 25.8 Å². The quantitative estimate of drug-likeness (QED) is 0.154. The number of hydrogen-bond acceptors (Lipinski definition) is 2. The van der Waals surface area contributed by atoms with Crippen LogP contribution in [0.1, 0.15) is 33.4 Å². The zero-order valence-electron chi connectivity index (χ0n) is 35.2. The Morgan fingerprint density at radius 2 is 0.517 bits per heavy atom. The molecule has 0 saturated carbocycles. The molecular formula is C58H48N2. The molecule has 0 radical (unpaired) electrons. The van der Waals surface area contributed by atoms with Gasteiger partial charge in [0, 0.05) is 22.3 Å². The summed E-state index contributed by atoms with van der Waals surface area (Å²) in [5, 5.41) is 0. The third-order valence-electron chi connectivity index (χ3n) is 11.6. The minimum atomic E-state index is 0.942. The molecule has 0 amide bonds. The van der Waals surface area contributed by atoms with Gasteiger partial charge in [0.1, 0.15) is 0 Å². The fraction of sp³-hybridized carbons (Fsp3) is 0.103. The van der Waals surface area contributed by atoms with Gasteiger partial charge in [-0.3, -0.25) is 0 Å². The smallest absolute Gasteiger partial charge is 0.0715 e. The third kappa shape index (κ3) is 7.85. The van der Waals surface area contributed by atoms with Crippen LogP contribution in [-0.4, -0.2) is 9.97 Å². The molecule has 9 aromatic rings. The lowest BCUT2D eigenvalue weighted by atomic mass is 9.92. The second-order valence-electron chi connectivity index (χ2n) is 16.3. The zero-order chi connectivity index (χ0) is 41.3. The van der Waals surface area contributed by atoms with E-state index in [0.717, 1.165) is 67.3 Å². The molecule has 2 heterocycles. The monoisotopic (exact) mass is 772 g/mol. The van der Waals surface area contributed by atoms with Crippen LogP contribution in [0, 0.1) is 41.5 Å². The van der Waals surface area contributed by atoms with Crippen molar-refractivity contribution in [2.24, 2.45) is 0 Å². The molecule has 0 fully saturated rings. The molecule has 2 aromatic heterocycles. The SMILES string of the molecule is Cc1cc(C)c(-c2ccc(-c3cc(-c4cccc(-c5cc(-c6ccccc6)nc(-c6ccc(-c7c(C)cc(C)cc7C)cc6)c5)c4)cc(-c4ccccc4)n3)cc2)c(C)c1. The molecular weight excluding hydrogens is 725 g/mol. The highest BCUT2D eigenvalue weighted by molar-refractivity contribution is 5.83. The van der Waals surface area contributed by atoms with Crippen LogP contribution in [0.15, 0.2) is 182 Å². The molecule has 0 saturated heterocycles. The minimum Gasteiger partial charge on any atom is -0.248 e. The molecule has 0 bridgehead atoms. The number of rotatable bonds is 8. The van der Waals surface area contributed by atoms with Crippen molar-refractivity contribution in [3.8, 4) is 89.5 Å². The molecule has 9 rings (SSSR count). The molecule has 60 heavy (non-hydrogen) atoms. The van der Waals surface area contributed by atoms with Crippen LogP contribution in [-0.2, 0) is 0 Å². The van der Waals surface area contributed by atoms with E-state index < -0.39 is 0 Å². The Labute approximate surface area is 355 Å². The Balaban J connectivity index is 1.12. The molecule has 0 aliphatic carbocycles. The molecule has 2 heteroatoms. The first-order valence-electron chi connectivity index (χ1n) is 20.8. The summed E-state index contributed by atoms with van der Waals surface area (Å²) in [5.41, 5.74) is 25.4. The van der Waals surface area contributed by atoms with Gasteiger partial charge in [-0.05, 0) is 139 Å². The van der Waals surface area contributed by atoms with Gasteiger partial charge in [0.05, 0.1) is 22.8 Å². The predicted molar refractivity (Wildman–Crippen MR) is 254 cm³/mol. The van der Waals surface area contributed by atoms with Gasteiger partial charge in [-0.1, -0.05) is 163 Å². The van der Waals surface area contributed by atoms with Crippen molar-refractivity contribution in [1.82, 2.24) is 9.97 Å². The summed E-state index contributed by atoms with van der Waals surface area (Å²) in [4.78, 5) is 10.5. The summed E-state index contributed by atoms with van der Waals surface area (Å²) < 4.78 is 0. The summed E-state index contributed by atoms with van der Waals surface area (Å²) in [6.07, 6.45) is 0. The number of aryl methyl sites for hydroxylation is 6. The highest BCUT2D eigenvalue weighted by atomic mass is 14.7. The van der Waals surface area contributed by atoms with Gasteiger partial charge < -0.3 is 0 Å². The molecule has 0 aliphatic rings. The van der Waals surface area contributed by atoms with E-state index >= 15 is 0 Å². The van der Waals surface area contributed by atoms with E-state index in [9.17, 15) is 0 Å². The molecule has 2 nitrogen and oxygen atoms in total. The molecule has 290 valence electrons. The largest absolute Gasteiger partial charge is 0.248 e. The maximum atomic E-state index is 5.25. The molecule has 0 unspecified atom stereocenters. The van der Waals surface area contributed by atoms with Crippen LogP contribution in [0.4, 0.5) is 0 Å². The third-order valence-corrected chi connectivity index (χ3v) is 11.6. The maximum absolute atomic E-state index is 5.25. The number of nitrogens with zero attached hydrogens (tertiary/aromatic N) is 2. The maximum Gasteiger partial charge on any atom is 0.0715 e. The van der Waals surface area contributed by atoms with Crippen molar-refractivity contribution in [3.05, 3.63) is 215 Å². The summed E-state index contributed by atoms with van der Waals surface area (Å²) in [5.74, 6) is 0. The summed E-state index contributed by atoms with van der Waals surface area (Å²) in [7, 11) is 0. The van der Waals surface area contributed by atoms with Crippen LogP contribution < -0.4 is 0 Å². The van der Waals surface area contributed by atoms with Gasteiger partial charge in [0.15, 0.2) is 0 Å².